The van der Waals surface area contributed by atoms with Crippen molar-refractivity contribution in [3.05, 3.63) is 60.2 Å². The summed E-state index contributed by atoms with van der Waals surface area (Å²) in [7, 11) is -3.71. The number of nitrogens with one attached hydrogen (secondary N) is 1. The van der Waals surface area contributed by atoms with Gasteiger partial charge in [-0.2, -0.15) is 11.8 Å². The first kappa shape index (κ1) is 17.5. The molecule has 7 heteroatoms. The van der Waals surface area contributed by atoms with Gasteiger partial charge in [0.2, 0.25) is 15.9 Å². The lowest BCUT2D eigenvalue weighted by molar-refractivity contribution is -0.115. The van der Waals surface area contributed by atoms with Crippen LogP contribution in [0.25, 0.3) is 0 Å². The number of anilines is 1. The Morgan fingerprint density at radius 1 is 1.04 bits per heavy atom. The summed E-state index contributed by atoms with van der Waals surface area (Å²) in [6.45, 7) is 0. The predicted octanol–water partition coefficient (Wildman–Crippen LogP) is 2.60. The summed E-state index contributed by atoms with van der Waals surface area (Å²) in [5, 5.41) is 7.75. The number of rotatable bonds is 7. The molecule has 0 aliphatic heterocycles. The number of primary sulfonamides is 1. The van der Waals surface area contributed by atoms with E-state index in [1.54, 1.807) is 11.8 Å². The molecule has 2 aromatic rings. The van der Waals surface area contributed by atoms with Gasteiger partial charge in [0.25, 0.3) is 0 Å². The van der Waals surface area contributed by atoms with Crippen molar-refractivity contribution in [1.29, 1.82) is 0 Å². The van der Waals surface area contributed by atoms with Crippen molar-refractivity contribution in [3.63, 3.8) is 0 Å². The van der Waals surface area contributed by atoms with Crippen molar-refractivity contribution in [3.8, 4) is 0 Å². The van der Waals surface area contributed by atoms with E-state index in [0.717, 1.165) is 11.5 Å². The number of sulfonamides is 1. The van der Waals surface area contributed by atoms with Crippen LogP contribution in [-0.2, 0) is 20.6 Å². The number of hydrogen-bond donors (Lipinski definition) is 2. The smallest absolute Gasteiger partial charge is 0.238 e. The Morgan fingerprint density at radius 3 is 2.30 bits per heavy atom. The topological polar surface area (TPSA) is 89.3 Å². The highest BCUT2D eigenvalue weighted by molar-refractivity contribution is 7.98. The van der Waals surface area contributed by atoms with Gasteiger partial charge in [-0.3, -0.25) is 4.79 Å². The lowest BCUT2D eigenvalue weighted by Gasteiger charge is -2.06. The molecule has 0 saturated heterocycles. The molecule has 3 N–H and O–H groups in total. The Balaban J connectivity index is 1.74. The first-order chi connectivity index (χ1) is 10.9. The summed E-state index contributed by atoms with van der Waals surface area (Å²) >= 11 is 1.69. The van der Waals surface area contributed by atoms with Crippen LogP contribution in [0.15, 0.2) is 59.5 Å². The van der Waals surface area contributed by atoms with Crippen molar-refractivity contribution in [1.82, 2.24) is 0 Å². The normalized spacial score (nSPS) is 11.2. The number of amides is 1. The highest BCUT2D eigenvalue weighted by Gasteiger charge is 2.08. The molecule has 0 heterocycles. The molecule has 5 nitrogen and oxygen atoms in total. The van der Waals surface area contributed by atoms with Crippen LogP contribution in [0, 0.1) is 0 Å². The minimum absolute atomic E-state index is 0.0221. The Bertz CT molecular complexity index is 745. The molecule has 0 fully saturated rings. The van der Waals surface area contributed by atoms with Gasteiger partial charge in [-0.15, -0.1) is 0 Å². The second-order valence-electron chi connectivity index (χ2n) is 4.91. The van der Waals surface area contributed by atoms with E-state index in [9.17, 15) is 13.2 Å². The highest BCUT2D eigenvalue weighted by Crippen LogP contribution is 2.15. The molecule has 0 saturated carbocycles. The zero-order valence-corrected chi connectivity index (χ0v) is 14.1. The Kier molecular flexibility index (Phi) is 6.20. The number of carbonyl (C=O) groups excluding carboxylic acids is 1. The van der Waals surface area contributed by atoms with Crippen LogP contribution >= 0.6 is 11.8 Å². The molecule has 0 unspecified atom stereocenters. The van der Waals surface area contributed by atoms with E-state index < -0.39 is 10.0 Å². The van der Waals surface area contributed by atoms with E-state index in [2.05, 4.69) is 17.4 Å². The molecule has 0 aliphatic carbocycles. The number of hydrogen-bond acceptors (Lipinski definition) is 4. The van der Waals surface area contributed by atoms with Crippen molar-refractivity contribution in [2.75, 3.05) is 11.1 Å². The zero-order chi connectivity index (χ0) is 16.7. The van der Waals surface area contributed by atoms with Gasteiger partial charge in [0.05, 0.1) is 4.90 Å². The summed E-state index contributed by atoms with van der Waals surface area (Å²) in [4.78, 5) is 11.9. The van der Waals surface area contributed by atoms with Gasteiger partial charge in [0, 0.05) is 23.6 Å². The van der Waals surface area contributed by atoms with E-state index in [-0.39, 0.29) is 10.8 Å². The van der Waals surface area contributed by atoms with Crippen molar-refractivity contribution in [2.24, 2.45) is 5.14 Å². The molecule has 0 radical (unpaired) electrons. The average molecular weight is 350 g/mol. The molecule has 0 spiro atoms. The molecule has 0 atom stereocenters. The third-order valence-corrected chi connectivity index (χ3v) is 5.01. The van der Waals surface area contributed by atoms with Gasteiger partial charge in [0.15, 0.2) is 0 Å². The fraction of sp³-hybridized carbons (Fsp3) is 0.188. The number of benzene rings is 2. The maximum Gasteiger partial charge on any atom is 0.238 e. The van der Waals surface area contributed by atoms with E-state index in [1.807, 2.05) is 18.2 Å². The van der Waals surface area contributed by atoms with Crippen LogP contribution < -0.4 is 10.5 Å². The Morgan fingerprint density at radius 2 is 1.70 bits per heavy atom. The first-order valence-electron chi connectivity index (χ1n) is 6.99. The molecule has 0 aromatic heterocycles. The van der Waals surface area contributed by atoms with Crippen LogP contribution in [0.1, 0.15) is 12.0 Å². The van der Waals surface area contributed by atoms with Gasteiger partial charge >= 0.3 is 0 Å². The lowest BCUT2D eigenvalue weighted by Crippen LogP contribution is -2.14. The lowest BCUT2D eigenvalue weighted by atomic mass is 10.2. The van der Waals surface area contributed by atoms with Gasteiger partial charge < -0.3 is 5.32 Å². The molecule has 2 rings (SSSR count). The standard InChI is InChI=1S/C16H18N2O3S2/c17-23(20,21)15-8-6-14(7-9-15)18-16(19)10-11-22-12-13-4-2-1-3-5-13/h1-9H,10-12H2,(H,18,19)(H2,17,20,21). The summed E-state index contributed by atoms with van der Waals surface area (Å²) < 4.78 is 22.3. The molecule has 122 valence electrons. The Hall–Kier alpha value is -1.83. The number of thioether (sulfide) groups is 1. The summed E-state index contributed by atoms with van der Waals surface area (Å²) in [5.74, 6) is 1.49. The van der Waals surface area contributed by atoms with E-state index >= 15 is 0 Å². The van der Waals surface area contributed by atoms with Crippen molar-refractivity contribution in [2.45, 2.75) is 17.1 Å². The summed E-state index contributed by atoms with van der Waals surface area (Å²) in [6, 6.07) is 15.9. The molecule has 23 heavy (non-hydrogen) atoms. The molecular formula is C16H18N2O3S2. The van der Waals surface area contributed by atoms with Crippen molar-refractivity contribution < 1.29 is 13.2 Å². The summed E-state index contributed by atoms with van der Waals surface area (Å²) in [5.41, 5.74) is 1.78. The SMILES string of the molecule is NS(=O)(=O)c1ccc(NC(=O)CCSCc2ccccc2)cc1. The number of carbonyl (C=O) groups is 1. The molecule has 0 bridgehead atoms. The minimum atomic E-state index is -3.71. The minimum Gasteiger partial charge on any atom is -0.326 e. The first-order valence-corrected chi connectivity index (χ1v) is 9.69. The zero-order valence-electron chi connectivity index (χ0n) is 12.4. The summed E-state index contributed by atoms with van der Waals surface area (Å²) in [6.07, 6.45) is 0.397. The van der Waals surface area contributed by atoms with Gasteiger partial charge in [-0.25, -0.2) is 13.6 Å². The maximum absolute atomic E-state index is 11.8. The average Bonchev–Trinajstić information content (AvgIpc) is 2.52. The third-order valence-electron chi connectivity index (χ3n) is 3.05. The van der Waals surface area contributed by atoms with Gasteiger partial charge in [0.1, 0.15) is 0 Å². The van der Waals surface area contributed by atoms with Gasteiger partial charge in [-0.05, 0) is 29.8 Å². The Labute approximate surface area is 140 Å². The van der Waals surface area contributed by atoms with Crippen LogP contribution in [0.3, 0.4) is 0 Å². The molecule has 1 amide bonds. The monoisotopic (exact) mass is 350 g/mol. The highest BCUT2D eigenvalue weighted by atomic mass is 32.2. The second-order valence-corrected chi connectivity index (χ2v) is 7.57. The van der Waals surface area contributed by atoms with Crippen LogP contribution in [0.2, 0.25) is 0 Å². The predicted molar refractivity (Wildman–Crippen MR) is 93.7 cm³/mol. The largest absolute Gasteiger partial charge is 0.326 e. The van der Waals surface area contributed by atoms with E-state index in [4.69, 9.17) is 5.14 Å². The van der Waals surface area contributed by atoms with Crippen LogP contribution in [-0.4, -0.2) is 20.1 Å². The molecular weight excluding hydrogens is 332 g/mol. The van der Waals surface area contributed by atoms with Crippen molar-refractivity contribution >= 4 is 33.4 Å². The van der Waals surface area contributed by atoms with Crippen LogP contribution in [0.4, 0.5) is 5.69 Å². The molecule has 2 aromatic carbocycles. The van der Waals surface area contributed by atoms with Crippen LogP contribution in [0.5, 0.6) is 0 Å². The second kappa shape index (κ2) is 8.14. The van der Waals surface area contributed by atoms with E-state index in [0.29, 0.717) is 12.1 Å². The number of nitrogens with two attached hydrogens (primary N) is 1. The molecule has 0 aliphatic rings. The fourth-order valence-electron chi connectivity index (χ4n) is 1.88. The quantitative estimate of drug-likeness (QED) is 0.751. The van der Waals surface area contributed by atoms with Gasteiger partial charge in [-0.1, -0.05) is 30.3 Å². The fourth-order valence-corrected chi connectivity index (χ4v) is 3.30. The van der Waals surface area contributed by atoms with E-state index in [1.165, 1.54) is 29.8 Å². The third kappa shape index (κ3) is 6.05. The maximum atomic E-state index is 11.8.